The van der Waals surface area contributed by atoms with Crippen LogP contribution >= 0.6 is 0 Å². The average Bonchev–Trinajstić information content (AvgIpc) is 2.13. The molecule has 1 N–H and O–H groups in total. The molecule has 1 aromatic heterocycles. The van der Waals surface area contributed by atoms with Crippen molar-refractivity contribution in [3.8, 4) is 0 Å². The van der Waals surface area contributed by atoms with E-state index in [4.69, 9.17) is 0 Å². The van der Waals surface area contributed by atoms with Gasteiger partial charge in [-0.1, -0.05) is 6.07 Å². The lowest BCUT2D eigenvalue weighted by Gasteiger charge is -2.29. The van der Waals surface area contributed by atoms with Gasteiger partial charge < -0.3 is 5.11 Å². The molecule has 13 heavy (non-hydrogen) atoms. The molecule has 0 aliphatic carbocycles. The van der Waals surface area contributed by atoms with Crippen LogP contribution in [0.4, 0.5) is 0 Å². The molecule has 2 rings (SSSR count). The second kappa shape index (κ2) is 3.55. The summed E-state index contributed by atoms with van der Waals surface area (Å²) in [6, 6.07) is 3.65. The van der Waals surface area contributed by atoms with Crippen molar-refractivity contribution in [2.24, 2.45) is 5.92 Å². The Kier molecular flexibility index (Phi) is 2.42. The molecule has 1 aromatic rings. The van der Waals surface area contributed by atoms with Gasteiger partial charge in [0.05, 0.1) is 6.10 Å². The first-order chi connectivity index (χ1) is 6.27. The van der Waals surface area contributed by atoms with Crippen molar-refractivity contribution in [3.05, 3.63) is 30.1 Å². The first-order valence-electron chi connectivity index (χ1n) is 4.20. The van der Waals surface area contributed by atoms with Crippen LogP contribution in [0.2, 0.25) is 0 Å². The van der Waals surface area contributed by atoms with E-state index < -0.39 is 16.9 Å². The molecule has 70 valence electrons. The van der Waals surface area contributed by atoms with Gasteiger partial charge >= 0.3 is 0 Å². The molecule has 0 bridgehead atoms. The van der Waals surface area contributed by atoms with E-state index in [2.05, 4.69) is 4.98 Å². The van der Waals surface area contributed by atoms with Gasteiger partial charge in [-0.05, 0) is 11.6 Å². The second-order valence-electron chi connectivity index (χ2n) is 3.26. The molecule has 0 amide bonds. The lowest BCUT2D eigenvalue weighted by molar-refractivity contribution is 0.124. The Labute approximate surface area is 79.3 Å². The maximum atomic E-state index is 10.8. The fourth-order valence-corrected chi connectivity index (χ4v) is 2.66. The number of hydrogen-bond acceptors (Lipinski definition) is 3. The lowest BCUT2D eigenvalue weighted by Crippen LogP contribution is -2.35. The van der Waals surface area contributed by atoms with Crippen LogP contribution in [0.5, 0.6) is 0 Å². The maximum absolute atomic E-state index is 10.8. The largest absolute Gasteiger partial charge is 0.388 e. The van der Waals surface area contributed by atoms with Gasteiger partial charge in [-0.2, -0.15) is 0 Å². The van der Waals surface area contributed by atoms with Crippen molar-refractivity contribution in [1.82, 2.24) is 4.98 Å². The van der Waals surface area contributed by atoms with Gasteiger partial charge in [0.25, 0.3) is 0 Å². The summed E-state index contributed by atoms with van der Waals surface area (Å²) in [4.78, 5) is 3.93. The Morgan fingerprint density at radius 2 is 2.38 bits per heavy atom. The molecule has 2 heterocycles. The molecule has 1 aliphatic rings. The van der Waals surface area contributed by atoms with Crippen LogP contribution in [0.3, 0.4) is 0 Å². The fourth-order valence-electron chi connectivity index (χ4n) is 1.43. The zero-order chi connectivity index (χ0) is 9.26. The minimum Gasteiger partial charge on any atom is -0.388 e. The van der Waals surface area contributed by atoms with Crippen molar-refractivity contribution in [2.45, 2.75) is 6.10 Å². The standard InChI is InChI=1S/C9H11NO2S/c11-9(8-5-13(12)6-8)7-2-1-3-10-4-7/h1-4,8-9,11H,5-6H2. The molecular weight excluding hydrogens is 186 g/mol. The summed E-state index contributed by atoms with van der Waals surface area (Å²) < 4.78 is 10.8. The highest BCUT2D eigenvalue weighted by atomic mass is 32.2. The van der Waals surface area contributed by atoms with Crippen molar-refractivity contribution < 1.29 is 9.32 Å². The summed E-state index contributed by atoms with van der Waals surface area (Å²) in [5, 5.41) is 9.78. The molecule has 0 radical (unpaired) electrons. The molecular formula is C9H11NO2S. The summed E-state index contributed by atoms with van der Waals surface area (Å²) in [5.74, 6) is 1.40. The third kappa shape index (κ3) is 1.78. The first kappa shape index (κ1) is 8.84. The summed E-state index contributed by atoms with van der Waals surface area (Å²) in [7, 11) is -0.697. The Bertz CT molecular complexity index is 307. The molecule has 1 saturated heterocycles. The molecule has 1 fully saturated rings. The van der Waals surface area contributed by atoms with Crippen LogP contribution in [0, 0.1) is 5.92 Å². The van der Waals surface area contributed by atoms with Crippen molar-refractivity contribution >= 4 is 10.8 Å². The molecule has 4 heteroatoms. The Balaban J connectivity index is 2.06. The summed E-state index contributed by atoms with van der Waals surface area (Å²) in [5.41, 5.74) is 0.823. The number of aliphatic hydroxyl groups excluding tert-OH is 1. The van der Waals surface area contributed by atoms with E-state index in [1.54, 1.807) is 18.5 Å². The third-order valence-electron chi connectivity index (χ3n) is 2.27. The van der Waals surface area contributed by atoms with Crippen LogP contribution in [0.15, 0.2) is 24.5 Å². The van der Waals surface area contributed by atoms with E-state index in [1.165, 1.54) is 0 Å². The number of hydrogen-bond donors (Lipinski definition) is 1. The SMILES string of the molecule is O=S1CC(C(O)c2cccnc2)C1. The van der Waals surface area contributed by atoms with E-state index in [0.717, 1.165) is 5.56 Å². The van der Waals surface area contributed by atoms with Gasteiger partial charge in [0.1, 0.15) is 0 Å². The van der Waals surface area contributed by atoms with Crippen LogP contribution in [-0.4, -0.2) is 25.8 Å². The minimum absolute atomic E-state index is 0.157. The predicted molar refractivity (Wildman–Crippen MR) is 50.6 cm³/mol. The zero-order valence-corrected chi connectivity index (χ0v) is 7.91. The van der Waals surface area contributed by atoms with Crippen LogP contribution in [0.1, 0.15) is 11.7 Å². The number of pyridine rings is 1. The molecule has 0 aromatic carbocycles. The Morgan fingerprint density at radius 3 is 2.92 bits per heavy atom. The minimum atomic E-state index is -0.697. The average molecular weight is 197 g/mol. The maximum Gasteiger partial charge on any atom is 0.0850 e. The zero-order valence-electron chi connectivity index (χ0n) is 7.09. The predicted octanol–water partition coefficient (Wildman–Crippen LogP) is 0.493. The smallest absolute Gasteiger partial charge is 0.0850 e. The van der Waals surface area contributed by atoms with Gasteiger partial charge in [-0.15, -0.1) is 0 Å². The number of nitrogens with zero attached hydrogens (tertiary/aromatic N) is 1. The van der Waals surface area contributed by atoms with Gasteiger partial charge in [0, 0.05) is 40.6 Å². The van der Waals surface area contributed by atoms with Gasteiger partial charge in [-0.25, -0.2) is 0 Å². The van der Waals surface area contributed by atoms with Crippen LogP contribution < -0.4 is 0 Å². The summed E-state index contributed by atoms with van der Waals surface area (Å²) in [6.07, 6.45) is 2.84. The van der Waals surface area contributed by atoms with Crippen LogP contribution in [0.25, 0.3) is 0 Å². The quantitative estimate of drug-likeness (QED) is 0.751. The molecule has 0 saturated carbocycles. The van der Waals surface area contributed by atoms with E-state index in [9.17, 15) is 9.32 Å². The highest BCUT2D eigenvalue weighted by molar-refractivity contribution is 7.86. The van der Waals surface area contributed by atoms with Gasteiger partial charge in [0.15, 0.2) is 0 Å². The molecule has 1 unspecified atom stereocenters. The number of aromatic nitrogens is 1. The van der Waals surface area contributed by atoms with Gasteiger partial charge in [0.2, 0.25) is 0 Å². The fraction of sp³-hybridized carbons (Fsp3) is 0.444. The Morgan fingerprint density at radius 1 is 1.62 bits per heavy atom. The third-order valence-corrected chi connectivity index (χ3v) is 3.87. The number of rotatable bonds is 2. The second-order valence-corrected chi connectivity index (χ2v) is 4.81. The Hall–Kier alpha value is -0.740. The van der Waals surface area contributed by atoms with E-state index >= 15 is 0 Å². The van der Waals surface area contributed by atoms with Crippen LogP contribution in [-0.2, 0) is 10.8 Å². The highest BCUT2D eigenvalue weighted by Gasteiger charge is 2.32. The molecule has 1 aliphatic heterocycles. The molecule has 3 nitrogen and oxygen atoms in total. The van der Waals surface area contributed by atoms with Gasteiger partial charge in [-0.3, -0.25) is 9.19 Å². The van der Waals surface area contributed by atoms with Crippen molar-refractivity contribution in [2.75, 3.05) is 11.5 Å². The van der Waals surface area contributed by atoms with Crippen molar-refractivity contribution in [1.29, 1.82) is 0 Å². The van der Waals surface area contributed by atoms with E-state index in [-0.39, 0.29) is 5.92 Å². The van der Waals surface area contributed by atoms with E-state index in [0.29, 0.717) is 11.5 Å². The van der Waals surface area contributed by atoms with E-state index in [1.807, 2.05) is 6.07 Å². The monoisotopic (exact) mass is 197 g/mol. The summed E-state index contributed by atoms with van der Waals surface area (Å²) in [6.45, 7) is 0. The summed E-state index contributed by atoms with van der Waals surface area (Å²) >= 11 is 0. The highest BCUT2D eigenvalue weighted by Crippen LogP contribution is 2.28. The normalized spacial score (nSPS) is 29.3. The lowest BCUT2D eigenvalue weighted by atomic mass is 10.00. The van der Waals surface area contributed by atoms with Crippen molar-refractivity contribution in [3.63, 3.8) is 0 Å². The topological polar surface area (TPSA) is 50.2 Å². The molecule has 1 atom stereocenters. The first-order valence-corrected chi connectivity index (χ1v) is 5.69. The number of aliphatic hydroxyl groups is 1. The molecule has 0 spiro atoms.